The van der Waals surface area contributed by atoms with E-state index in [4.69, 9.17) is 21.1 Å². The predicted octanol–water partition coefficient (Wildman–Crippen LogP) is 7.08. The molecule has 0 radical (unpaired) electrons. The number of rotatable bonds is 7. The number of amides is 1. The zero-order valence-electron chi connectivity index (χ0n) is 22.0. The molecule has 40 heavy (non-hydrogen) atoms. The van der Waals surface area contributed by atoms with E-state index in [1.807, 2.05) is 37.3 Å². The Hall–Kier alpha value is -3.88. The van der Waals surface area contributed by atoms with Gasteiger partial charge >= 0.3 is 5.91 Å². The van der Waals surface area contributed by atoms with Crippen molar-refractivity contribution >= 4 is 55.7 Å². The first kappa shape index (κ1) is 26.3. The van der Waals surface area contributed by atoms with Crippen LogP contribution in [0.15, 0.2) is 66.2 Å². The molecule has 2 aliphatic heterocycles. The molecular weight excluding hydrogens is 548 g/mol. The number of thiazole rings is 1. The molecule has 2 aliphatic rings. The number of fused-ring (bicyclic) bond motifs is 2. The number of ketones is 1. The zero-order chi connectivity index (χ0) is 28.0. The maximum absolute atomic E-state index is 13.6. The average molecular weight is 575 g/mol. The maximum Gasteiger partial charge on any atom is 0.301 e. The van der Waals surface area contributed by atoms with E-state index in [1.165, 1.54) is 16.2 Å². The quantitative estimate of drug-likeness (QED) is 0.110. The van der Waals surface area contributed by atoms with Gasteiger partial charge in [-0.3, -0.25) is 14.5 Å². The third-order valence-electron chi connectivity index (χ3n) is 7.10. The van der Waals surface area contributed by atoms with Crippen molar-refractivity contribution in [2.24, 2.45) is 0 Å². The summed E-state index contributed by atoms with van der Waals surface area (Å²) in [5, 5.41) is 12.5. The van der Waals surface area contributed by atoms with Gasteiger partial charge in [0.25, 0.3) is 5.78 Å². The number of halogens is 1. The second-order valence-corrected chi connectivity index (χ2v) is 11.5. The second-order valence-electron chi connectivity index (χ2n) is 10.0. The Morgan fingerprint density at radius 1 is 1.18 bits per heavy atom. The number of nitrogens with zero attached hydrogens (tertiary/aromatic N) is 2. The maximum atomic E-state index is 13.6. The number of hydrogen-bond donors (Lipinski definition) is 1. The Balaban J connectivity index is 1.50. The van der Waals surface area contributed by atoms with E-state index >= 15 is 0 Å². The fourth-order valence-electron chi connectivity index (χ4n) is 5.17. The van der Waals surface area contributed by atoms with Gasteiger partial charge in [0.2, 0.25) is 0 Å². The minimum atomic E-state index is -0.908. The van der Waals surface area contributed by atoms with E-state index in [1.54, 1.807) is 30.3 Å². The molecule has 1 N–H and O–H groups in total. The van der Waals surface area contributed by atoms with Crippen LogP contribution < -0.4 is 14.4 Å². The van der Waals surface area contributed by atoms with Crippen molar-refractivity contribution in [2.75, 3.05) is 11.5 Å². The molecule has 3 aromatic carbocycles. The van der Waals surface area contributed by atoms with E-state index in [-0.39, 0.29) is 17.4 Å². The van der Waals surface area contributed by atoms with Gasteiger partial charge in [-0.2, -0.15) is 0 Å². The van der Waals surface area contributed by atoms with Gasteiger partial charge in [-0.15, -0.1) is 0 Å². The Bertz CT molecular complexity index is 1680. The van der Waals surface area contributed by atoms with E-state index in [2.05, 4.69) is 11.9 Å². The number of hydrogen-bond acceptors (Lipinski definition) is 7. The van der Waals surface area contributed by atoms with Crippen LogP contribution in [0.1, 0.15) is 49.4 Å². The van der Waals surface area contributed by atoms with Crippen molar-refractivity contribution in [3.05, 3.63) is 87.9 Å². The molecule has 1 saturated heterocycles. The highest BCUT2D eigenvalue weighted by atomic mass is 35.5. The van der Waals surface area contributed by atoms with Gasteiger partial charge in [-0.1, -0.05) is 48.4 Å². The summed E-state index contributed by atoms with van der Waals surface area (Å²) in [6.45, 7) is 4.62. The fourth-order valence-corrected chi connectivity index (χ4v) is 6.44. The van der Waals surface area contributed by atoms with Gasteiger partial charge in [0, 0.05) is 17.0 Å². The Kier molecular flexibility index (Phi) is 6.98. The molecule has 0 unspecified atom stereocenters. The van der Waals surface area contributed by atoms with Gasteiger partial charge in [-0.25, -0.2) is 4.98 Å². The number of anilines is 1. The lowest BCUT2D eigenvalue weighted by Crippen LogP contribution is -2.29. The predicted molar refractivity (Wildman–Crippen MR) is 156 cm³/mol. The smallest absolute Gasteiger partial charge is 0.301 e. The number of aliphatic hydroxyl groups excluding tert-OH is 1. The first-order valence-electron chi connectivity index (χ1n) is 13.2. The van der Waals surface area contributed by atoms with Crippen molar-refractivity contribution in [2.45, 2.75) is 45.3 Å². The van der Waals surface area contributed by atoms with Crippen LogP contribution in [0.25, 0.3) is 16.0 Å². The topological polar surface area (TPSA) is 89.0 Å². The molecule has 4 aromatic rings. The molecule has 0 spiro atoms. The molecule has 1 amide bonds. The monoisotopic (exact) mass is 574 g/mol. The third kappa shape index (κ3) is 4.71. The number of ether oxygens (including phenoxy) is 2. The van der Waals surface area contributed by atoms with Crippen molar-refractivity contribution < 1.29 is 24.2 Å². The molecule has 2 atom stereocenters. The lowest BCUT2D eigenvalue weighted by molar-refractivity contribution is -0.132. The number of aromatic nitrogens is 1. The minimum Gasteiger partial charge on any atom is -0.507 e. The highest BCUT2D eigenvalue weighted by Crippen LogP contribution is 2.45. The van der Waals surface area contributed by atoms with Crippen LogP contribution in [0, 0.1) is 0 Å². The van der Waals surface area contributed by atoms with Crippen LogP contribution in [-0.2, 0) is 16.0 Å². The van der Waals surface area contributed by atoms with E-state index in [0.717, 1.165) is 28.9 Å². The second kappa shape index (κ2) is 10.6. The molecular formula is C31H27ClN2O5S. The molecule has 204 valence electrons. The molecule has 1 fully saturated rings. The van der Waals surface area contributed by atoms with Crippen LogP contribution in [0.4, 0.5) is 5.13 Å². The molecule has 6 rings (SSSR count). The largest absolute Gasteiger partial charge is 0.507 e. The van der Waals surface area contributed by atoms with Crippen molar-refractivity contribution in [3.63, 3.8) is 0 Å². The van der Waals surface area contributed by atoms with Gasteiger partial charge in [0.1, 0.15) is 23.4 Å². The molecule has 9 heteroatoms. The summed E-state index contributed by atoms with van der Waals surface area (Å²) in [6, 6.07) is 17.0. The van der Waals surface area contributed by atoms with Crippen LogP contribution in [0.5, 0.6) is 11.5 Å². The normalized spacial score (nSPS) is 19.7. The number of Topliss-reactive ketones (excluding diaryl/α,β-unsaturated/α-hetero) is 1. The SMILES string of the molecule is CCCCOc1cccc([C@@H]2/C(=C(\O)c3ccc4c(c3)C[C@H](C)O4)C(=O)C(=O)N2c2nc3ccc(Cl)cc3s2)c1. The number of benzene rings is 3. The number of carbonyl (C=O) groups excluding carboxylic acids is 2. The van der Waals surface area contributed by atoms with Crippen LogP contribution >= 0.6 is 22.9 Å². The van der Waals surface area contributed by atoms with E-state index in [0.29, 0.717) is 45.6 Å². The van der Waals surface area contributed by atoms with Gasteiger partial charge in [0.15, 0.2) is 5.13 Å². The average Bonchev–Trinajstić information content (AvgIpc) is 3.60. The fraction of sp³-hybridized carbons (Fsp3) is 0.258. The van der Waals surface area contributed by atoms with Gasteiger partial charge in [-0.05, 0) is 73.0 Å². The molecule has 7 nitrogen and oxygen atoms in total. The summed E-state index contributed by atoms with van der Waals surface area (Å²) in [5.74, 6) is -0.397. The van der Waals surface area contributed by atoms with Crippen molar-refractivity contribution in [1.82, 2.24) is 4.98 Å². The lowest BCUT2D eigenvalue weighted by Gasteiger charge is -2.23. The molecule has 0 aliphatic carbocycles. The summed E-state index contributed by atoms with van der Waals surface area (Å²) in [4.78, 5) is 33.3. The molecule has 1 aromatic heterocycles. The van der Waals surface area contributed by atoms with Gasteiger partial charge in [0.05, 0.1) is 28.4 Å². The summed E-state index contributed by atoms with van der Waals surface area (Å²) in [5.41, 5.74) is 2.68. The van der Waals surface area contributed by atoms with Crippen LogP contribution in [0.2, 0.25) is 5.02 Å². The van der Waals surface area contributed by atoms with Crippen molar-refractivity contribution in [3.8, 4) is 11.5 Å². The number of aliphatic hydroxyl groups is 1. The molecule has 0 bridgehead atoms. The van der Waals surface area contributed by atoms with E-state index in [9.17, 15) is 14.7 Å². The summed E-state index contributed by atoms with van der Waals surface area (Å²) in [7, 11) is 0. The zero-order valence-corrected chi connectivity index (χ0v) is 23.6. The number of unbranched alkanes of at least 4 members (excludes halogenated alkanes) is 1. The first-order chi connectivity index (χ1) is 19.3. The third-order valence-corrected chi connectivity index (χ3v) is 8.35. The Labute approximate surface area is 240 Å². The van der Waals surface area contributed by atoms with Crippen molar-refractivity contribution in [1.29, 1.82) is 0 Å². The summed E-state index contributed by atoms with van der Waals surface area (Å²) in [6.07, 6.45) is 2.62. The molecule has 0 saturated carbocycles. The Morgan fingerprint density at radius 2 is 2.02 bits per heavy atom. The first-order valence-corrected chi connectivity index (χ1v) is 14.4. The van der Waals surface area contributed by atoms with E-state index < -0.39 is 17.7 Å². The number of carbonyl (C=O) groups is 2. The van der Waals surface area contributed by atoms with Crippen LogP contribution in [0.3, 0.4) is 0 Å². The highest BCUT2D eigenvalue weighted by Gasteiger charge is 2.48. The minimum absolute atomic E-state index is 0.0000829. The van der Waals surface area contributed by atoms with Gasteiger partial charge < -0.3 is 14.6 Å². The Morgan fingerprint density at radius 3 is 2.85 bits per heavy atom. The standard InChI is InChI=1S/C31H27ClN2O5S/c1-3-4-12-38-22-7-5-6-18(15-22)27-26(28(35)19-8-11-24-20(14-19)13-17(2)39-24)29(36)30(37)34(27)31-33-23-10-9-21(32)16-25(23)40-31/h5-11,14-17,27,35H,3-4,12-13H2,1-2H3/b28-26+/t17-,27+/m0/s1. The lowest BCUT2D eigenvalue weighted by atomic mass is 9.94. The van der Waals surface area contributed by atoms with Crippen LogP contribution in [-0.4, -0.2) is 34.5 Å². The highest BCUT2D eigenvalue weighted by molar-refractivity contribution is 7.22. The summed E-state index contributed by atoms with van der Waals surface area (Å²) >= 11 is 7.46. The molecule has 3 heterocycles. The summed E-state index contributed by atoms with van der Waals surface area (Å²) < 4.78 is 12.5.